The molecule has 2 N–H and O–H groups in total. The lowest BCUT2D eigenvalue weighted by atomic mass is 10.1. The molecule has 7 nitrogen and oxygen atoms in total. The van der Waals surface area contributed by atoms with Gasteiger partial charge in [-0.05, 0) is 35.9 Å². The van der Waals surface area contributed by atoms with Crippen LogP contribution in [-0.2, 0) is 6.54 Å². The number of hydrogen-bond donors (Lipinski definition) is 2. The Morgan fingerprint density at radius 3 is 2.65 bits per heavy atom. The molecule has 0 atom stereocenters. The molecule has 7 heteroatoms. The standard InChI is InChI=1S/C24H22N4O3/c1-30-17-9-10-22(31-2)21(12-17)28-23-13-19(18-7-3-4-8-20(18)27-23)24(29)26-15-16-6-5-11-25-14-16/h3-14H,15H2,1-2H3,(H,26,29)(H,27,28). The number of benzene rings is 2. The molecule has 0 aliphatic rings. The normalized spacial score (nSPS) is 10.5. The van der Waals surface area contributed by atoms with Crippen LogP contribution in [0.3, 0.4) is 0 Å². The minimum Gasteiger partial charge on any atom is -0.497 e. The summed E-state index contributed by atoms with van der Waals surface area (Å²) >= 11 is 0. The number of nitrogens with one attached hydrogen (secondary N) is 2. The monoisotopic (exact) mass is 414 g/mol. The van der Waals surface area contributed by atoms with Crippen LogP contribution in [-0.4, -0.2) is 30.1 Å². The van der Waals surface area contributed by atoms with Gasteiger partial charge in [0.15, 0.2) is 0 Å². The highest BCUT2D eigenvalue weighted by Crippen LogP contribution is 2.32. The molecule has 4 aromatic rings. The van der Waals surface area contributed by atoms with Crippen molar-refractivity contribution in [1.82, 2.24) is 15.3 Å². The Bertz CT molecular complexity index is 1210. The van der Waals surface area contributed by atoms with Gasteiger partial charge < -0.3 is 20.1 Å². The molecular formula is C24H22N4O3. The molecule has 0 bridgehead atoms. The number of fused-ring (bicyclic) bond motifs is 1. The Morgan fingerprint density at radius 1 is 1.00 bits per heavy atom. The van der Waals surface area contributed by atoms with Crippen molar-refractivity contribution in [3.63, 3.8) is 0 Å². The zero-order valence-corrected chi connectivity index (χ0v) is 17.3. The molecule has 0 aliphatic heterocycles. The lowest BCUT2D eigenvalue weighted by molar-refractivity contribution is 0.0952. The molecule has 0 fully saturated rings. The minimum absolute atomic E-state index is 0.192. The number of aromatic nitrogens is 2. The number of pyridine rings is 2. The molecule has 1 amide bonds. The molecule has 2 aromatic heterocycles. The number of anilines is 2. The van der Waals surface area contributed by atoms with Crippen LogP contribution in [0.2, 0.25) is 0 Å². The third-order valence-corrected chi connectivity index (χ3v) is 4.81. The SMILES string of the molecule is COc1ccc(OC)c(Nc2cc(C(=O)NCc3cccnc3)c3ccccc3n2)c1. The van der Waals surface area contributed by atoms with E-state index in [1.165, 1.54) is 0 Å². The number of nitrogens with zero attached hydrogens (tertiary/aromatic N) is 2. The van der Waals surface area contributed by atoms with Gasteiger partial charge in [-0.15, -0.1) is 0 Å². The first kappa shape index (κ1) is 20.2. The number of amides is 1. The van der Waals surface area contributed by atoms with Crippen LogP contribution >= 0.6 is 0 Å². The van der Waals surface area contributed by atoms with Crippen molar-refractivity contribution in [3.05, 3.63) is 84.2 Å². The van der Waals surface area contributed by atoms with Gasteiger partial charge in [0.2, 0.25) is 0 Å². The molecular weight excluding hydrogens is 392 g/mol. The van der Waals surface area contributed by atoms with E-state index in [1.807, 2.05) is 54.6 Å². The maximum absolute atomic E-state index is 13.0. The molecule has 0 aliphatic carbocycles. The first-order chi connectivity index (χ1) is 15.2. The van der Waals surface area contributed by atoms with Crippen LogP contribution in [0.15, 0.2) is 73.1 Å². The lowest BCUT2D eigenvalue weighted by Gasteiger charge is -2.14. The Morgan fingerprint density at radius 2 is 1.87 bits per heavy atom. The Kier molecular flexibility index (Phi) is 5.93. The molecule has 0 saturated heterocycles. The van der Waals surface area contributed by atoms with Crippen LogP contribution in [0.5, 0.6) is 11.5 Å². The summed E-state index contributed by atoms with van der Waals surface area (Å²) in [6.45, 7) is 0.385. The van der Waals surface area contributed by atoms with Crippen LogP contribution in [0.4, 0.5) is 11.5 Å². The van der Waals surface area contributed by atoms with Crippen molar-refractivity contribution in [2.45, 2.75) is 6.54 Å². The number of hydrogen-bond acceptors (Lipinski definition) is 6. The first-order valence-corrected chi connectivity index (χ1v) is 9.74. The van der Waals surface area contributed by atoms with E-state index >= 15 is 0 Å². The second kappa shape index (κ2) is 9.13. The van der Waals surface area contributed by atoms with Crippen LogP contribution < -0.4 is 20.1 Å². The minimum atomic E-state index is -0.192. The molecule has 0 saturated carbocycles. The third-order valence-electron chi connectivity index (χ3n) is 4.81. The van der Waals surface area contributed by atoms with Gasteiger partial charge in [-0.1, -0.05) is 24.3 Å². The number of ether oxygens (including phenoxy) is 2. The second-order valence-corrected chi connectivity index (χ2v) is 6.81. The number of para-hydroxylation sites is 1. The quantitative estimate of drug-likeness (QED) is 0.468. The largest absolute Gasteiger partial charge is 0.497 e. The molecule has 0 unspecified atom stereocenters. The zero-order valence-electron chi connectivity index (χ0n) is 17.3. The Hall–Kier alpha value is -4.13. The van der Waals surface area contributed by atoms with Crippen LogP contribution in [0.1, 0.15) is 15.9 Å². The van der Waals surface area contributed by atoms with E-state index in [0.717, 1.165) is 10.9 Å². The molecule has 31 heavy (non-hydrogen) atoms. The van der Waals surface area contributed by atoms with Crippen LogP contribution in [0.25, 0.3) is 10.9 Å². The van der Waals surface area contributed by atoms with Gasteiger partial charge in [0.1, 0.15) is 17.3 Å². The number of carbonyl (C=O) groups is 1. The molecule has 0 radical (unpaired) electrons. The van der Waals surface area contributed by atoms with Crippen molar-refractivity contribution in [2.24, 2.45) is 0 Å². The van der Waals surface area contributed by atoms with E-state index < -0.39 is 0 Å². The molecule has 4 rings (SSSR count). The van der Waals surface area contributed by atoms with Crippen molar-refractivity contribution < 1.29 is 14.3 Å². The average molecular weight is 414 g/mol. The Balaban J connectivity index is 1.67. The fourth-order valence-electron chi connectivity index (χ4n) is 3.26. The van der Waals surface area contributed by atoms with Crippen molar-refractivity contribution >= 4 is 28.3 Å². The average Bonchev–Trinajstić information content (AvgIpc) is 2.82. The maximum atomic E-state index is 13.0. The van der Waals surface area contributed by atoms with Gasteiger partial charge in [0.05, 0.1) is 31.0 Å². The van der Waals surface area contributed by atoms with E-state index in [0.29, 0.717) is 40.6 Å². The highest BCUT2D eigenvalue weighted by atomic mass is 16.5. The molecule has 156 valence electrons. The van der Waals surface area contributed by atoms with E-state index in [1.54, 1.807) is 32.7 Å². The molecule has 2 aromatic carbocycles. The van der Waals surface area contributed by atoms with E-state index in [4.69, 9.17) is 9.47 Å². The number of carbonyl (C=O) groups excluding carboxylic acids is 1. The highest BCUT2D eigenvalue weighted by molar-refractivity contribution is 6.07. The van der Waals surface area contributed by atoms with Gasteiger partial charge in [-0.3, -0.25) is 9.78 Å². The second-order valence-electron chi connectivity index (χ2n) is 6.81. The molecule has 0 spiro atoms. The Labute approximate surface area is 180 Å². The van der Waals surface area contributed by atoms with Gasteiger partial charge in [-0.25, -0.2) is 4.98 Å². The van der Waals surface area contributed by atoms with E-state index in [-0.39, 0.29) is 5.91 Å². The van der Waals surface area contributed by atoms with E-state index in [2.05, 4.69) is 20.6 Å². The van der Waals surface area contributed by atoms with Gasteiger partial charge in [-0.2, -0.15) is 0 Å². The molecule has 2 heterocycles. The summed E-state index contributed by atoms with van der Waals surface area (Å²) in [6, 6.07) is 18.5. The lowest BCUT2D eigenvalue weighted by Crippen LogP contribution is -2.23. The van der Waals surface area contributed by atoms with Gasteiger partial charge in [0.25, 0.3) is 5.91 Å². The van der Waals surface area contributed by atoms with Crippen molar-refractivity contribution in [2.75, 3.05) is 19.5 Å². The predicted molar refractivity (Wildman–Crippen MR) is 120 cm³/mol. The van der Waals surface area contributed by atoms with E-state index in [9.17, 15) is 4.79 Å². The highest BCUT2D eigenvalue weighted by Gasteiger charge is 2.14. The summed E-state index contributed by atoms with van der Waals surface area (Å²) < 4.78 is 10.8. The first-order valence-electron chi connectivity index (χ1n) is 9.74. The summed E-state index contributed by atoms with van der Waals surface area (Å²) in [5, 5.41) is 6.99. The number of rotatable bonds is 7. The topological polar surface area (TPSA) is 85.4 Å². The van der Waals surface area contributed by atoms with Crippen molar-refractivity contribution in [3.8, 4) is 11.5 Å². The zero-order chi connectivity index (χ0) is 21.6. The summed E-state index contributed by atoms with van der Waals surface area (Å²) in [5.41, 5.74) is 2.85. The summed E-state index contributed by atoms with van der Waals surface area (Å²) in [7, 11) is 3.20. The van der Waals surface area contributed by atoms with Gasteiger partial charge in [0, 0.05) is 30.4 Å². The fourth-order valence-corrected chi connectivity index (χ4v) is 3.26. The summed E-state index contributed by atoms with van der Waals surface area (Å²) in [6.07, 6.45) is 3.43. The van der Waals surface area contributed by atoms with Crippen molar-refractivity contribution in [1.29, 1.82) is 0 Å². The third kappa shape index (κ3) is 4.56. The summed E-state index contributed by atoms with van der Waals surface area (Å²) in [5.74, 6) is 1.65. The maximum Gasteiger partial charge on any atom is 0.252 e. The fraction of sp³-hybridized carbons (Fsp3) is 0.125. The number of methoxy groups -OCH3 is 2. The van der Waals surface area contributed by atoms with Crippen LogP contribution in [0, 0.1) is 0 Å². The smallest absolute Gasteiger partial charge is 0.252 e. The van der Waals surface area contributed by atoms with Gasteiger partial charge >= 0.3 is 0 Å². The predicted octanol–water partition coefficient (Wildman–Crippen LogP) is 4.32. The summed E-state index contributed by atoms with van der Waals surface area (Å²) in [4.78, 5) is 21.8.